The van der Waals surface area contributed by atoms with Crippen LogP contribution in [0.15, 0.2) is 199 Å². The number of benzene rings is 8. The van der Waals surface area contributed by atoms with Crippen LogP contribution < -0.4 is 10.1 Å². The Balaban J connectivity index is 1.19. The molecule has 1 spiro atoms. The molecule has 0 amide bonds. The number of nitrogens with one attached hydrogen (secondary N) is 1. The van der Waals surface area contributed by atoms with Crippen molar-refractivity contribution in [3.63, 3.8) is 0 Å². The Morgan fingerprint density at radius 1 is 0.463 bits per heavy atom. The Kier molecular flexibility index (Phi) is 6.83. The van der Waals surface area contributed by atoms with Crippen molar-refractivity contribution in [2.45, 2.75) is 11.5 Å². The first-order valence-corrected chi connectivity index (χ1v) is 18.6. The van der Waals surface area contributed by atoms with Gasteiger partial charge in [0.15, 0.2) is 0 Å². The molecule has 54 heavy (non-hydrogen) atoms. The summed E-state index contributed by atoms with van der Waals surface area (Å²) in [5.74, 6) is 2.62. The fraction of sp³-hybridized carbons (Fsp3) is 0.0392. The molecule has 8 aromatic rings. The number of fused-ring (bicyclic) bond motifs is 10. The van der Waals surface area contributed by atoms with Crippen LogP contribution in [-0.4, -0.2) is 5.84 Å². The van der Waals surface area contributed by atoms with Crippen molar-refractivity contribution in [1.82, 2.24) is 5.32 Å². The van der Waals surface area contributed by atoms with Crippen LogP contribution in [0.25, 0.3) is 38.7 Å². The van der Waals surface area contributed by atoms with E-state index in [1.165, 1.54) is 44.2 Å². The molecule has 0 fully saturated rings. The molecule has 11 rings (SSSR count). The quantitative estimate of drug-likeness (QED) is 0.199. The van der Waals surface area contributed by atoms with Crippen molar-refractivity contribution >= 4 is 22.3 Å². The maximum atomic E-state index is 7.16. The largest absolute Gasteiger partial charge is 0.456 e. The lowest BCUT2D eigenvalue weighted by Crippen LogP contribution is -2.32. The molecule has 0 saturated carbocycles. The lowest BCUT2D eigenvalue weighted by Gasteiger charge is -2.40. The third kappa shape index (κ3) is 4.45. The van der Waals surface area contributed by atoms with Crippen LogP contribution in [0.5, 0.6) is 11.5 Å². The van der Waals surface area contributed by atoms with E-state index in [-0.39, 0.29) is 6.04 Å². The van der Waals surface area contributed by atoms with E-state index in [1.54, 1.807) is 0 Å². The topological polar surface area (TPSA) is 33.6 Å². The summed E-state index contributed by atoms with van der Waals surface area (Å²) in [6.07, 6.45) is 2.28. The van der Waals surface area contributed by atoms with E-state index in [2.05, 4.69) is 193 Å². The van der Waals surface area contributed by atoms with Gasteiger partial charge in [0, 0.05) is 22.3 Å². The second-order valence-corrected chi connectivity index (χ2v) is 14.2. The monoisotopic (exact) mass is 690 g/mol. The van der Waals surface area contributed by atoms with Gasteiger partial charge in [0.05, 0.1) is 17.2 Å². The van der Waals surface area contributed by atoms with E-state index in [4.69, 9.17) is 9.73 Å². The number of hydrogen-bond donors (Lipinski definition) is 1. The standard InChI is InChI=1S/C51H34N2O/c1-3-17-34(18-4-1)45-32-46(53-50(52-45)35-19-5-2-6-20-35)48-36-21-8-7-16-33(36)30-31-39(48)40-24-15-28-44-49(40)54-47-29-14-13-27-43(47)51(44)41-25-11-9-22-37(41)38-23-10-12-26-42(38)51/h1-32,46H,(H,52,53). The van der Waals surface area contributed by atoms with Crippen molar-refractivity contribution in [3.05, 3.63) is 233 Å². The highest BCUT2D eigenvalue weighted by Gasteiger charge is 2.51. The minimum atomic E-state index is -0.541. The number of aliphatic imine (C=N–C) groups is 1. The van der Waals surface area contributed by atoms with Gasteiger partial charge >= 0.3 is 0 Å². The molecule has 2 heterocycles. The van der Waals surface area contributed by atoms with E-state index >= 15 is 0 Å². The average molecular weight is 691 g/mol. The van der Waals surface area contributed by atoms with Gasteiger partial charge in [0.25, 0.3) is 0 Å². The van der Waals surface area contributed by atoms with Crippen LogP contribution in [0.4, 0.5) is 0 Å². The summed E-state index contributed by atoms with van der Waals surface area (Å²) >= 11 is 0. The summed E-state index contributed by atoms with van der Waals surface area (Å²) in [7, 11) is 0. The number of para-hydroxylation sites is 2. The van der Waals surface area contributed by atoms with Gasteiger partial charge in [-0.25, -0.2) is 4.99 Å². The third-order valence-electron chi connectivity index (χ3n) is 11.4. The number of rotatable bonds is 4. The molecule has 1 atom stereocenters. The van der Waals surface area contributed by atoms with Gasteiger partial charge in [0.1, 0.15) is 17.3 Å². The van der Waals surface area contributed by atoms with Gasteiger partial charge in [-0.05, 0) is 61.9 Å². The van der Waals surface area contributed by atoms with Crippen molar-refractivity contribution in [1.29, 1.82) is 0 Å². The second kappa shape index (κ2) is 12.0. The van der Waals surface area contributed by atoms with Crippen molar-refractivity contribution in [2.24, 2.45) is 4.99 Å². The van der Waals surface area contributed by atoms with Crippen LogP contribution in [-0.2, 0) is 5.41 Å². The highest BCUT2D eigenvalue weighted by atomic mass is 16.5. The molecule has 8 aromatic carbocycles. The summed E-state index contributed by atoms with van der Waals surface area (Å²) in [6, 6.07) is 67.1. The first-order chi connectivity index (χ1) is 26.8. The Labute approximate surface area is 314 Å². The average Bonchev–Trinajstić information content (AvgIpc) is 3.54. The van der Waals surface area contributed by atoms with E-state index in [0.717, 1.165) is 50.8 Å². The number of hydrogen-bond acceptors (Lipinski definition) is 3. The number of nitrogens with zero attached hydrogens (tertiary/aromatic N) is 1. The van der Waals surface area contributed by atoms with Gasteiger partial charge in [-0.1, -0.05) is 182 Å². The molecule has 1 unspecified atom stereocenters. The molecule has 3 aliphatic rings. The molecule has 254 valence electrons. The molecule has 0 saturated heterocycles. The smallest absolute Gasteiger partial charge is 0.140 e. The Morgan fingerprint density at radius 3 is 1.81 bits per heavy atom. The highest BCUT2D eigenvalue weighted by Crippen LogP contribution is 2.63. The van der Waals surface area contributed by atoms with Gasteiger partial charge in [-0.15, -0.1) is 0 Å². The second-order valence-electron chi connectivity index (χ2n) is 14.2. The SMILES string of the molecule is C1=C(c2ccccc2)N=C(c2ccccc2)NC1c1c(-c2cccc3c2Oc2ccccc2C32c3ccccc3-c3ccccc32)ccc2ccccc12. The first kappa shape index (κ1) is 30.6. The molecule has 3 nitrogen and oxygen atoms in total. The molecule has 0 bridgehead atoms. The van der Waals surface area contributed by atoms with Crippen LogP contribution in [0.3, 0.4) is 0 Å². The van der Waals surface area contributed by atoms with Gasteiger partial charge in [0.2, 0.25) is 0 Å². The van der Waals surface area contributed by atoms with Crippen molar-refractivity contribution in [3.8, 4) is 33.8 Å². The predicted octanol–water partition coefficient (Wildman–Crippen LogP) is 12.1. The van der Waals surface area contributed by atoms with Gasteiger partial charge in [-0.3, -0.25) is 0 Å². The fourth-order valence-corrected chi connectivity index (χ4v) is 9.16. The van der Waals surface area contributed by atoms with E-state index in [9.17, 15) is 0 Å². The molecule has 0 aromatic heterocycles. The minimum absolute atomic E-state index is 0.192. The van der Waals surface area contributed by atoms with Crippen LogP contribution in [0.1, 0.15) is 45.0 Å². The molecule has 1 aliphatic carbocycles. The Morgan fingerprint density at radius 2 is 1.06 bits per heavy atom. The summed E-state index contributed by atoms with van der Waals surface area (Å²) in [5.41, 5.74) is 13.3. The lowest BCUT2D eigenvalue weighted by atomic mass is 9.65. The molecular formula is C51H34N2O. The van der Waals surface area contributed by atoms with Gasteiger partial charge in [-0.2, -0.15) is 0 Å². The lowest BCUT2D eigenvalue weighted by molar-refractivity contribution is 0.438. The fourth-order valence-electron chi connectivity index (χ4n) is 9.16. The maximum Gasteiger partial charge on any atom is 0.140 e. The highest BCUT2D eigenvalue weighted by molar-refractivity contribution is 6.05. The zero-order valence-electron chi connectivity index (χ0n) is 29.4. The zero-order valence-corrected chi connectivity index (χ0v) is 29.4. The Hall–Kier alpha value is -6.97. The number of ether oxygens (including phenoxy) is 1. The van der Waals surface area contributed by atoms with Crippen LogP contribution in [0.2, 0.25) is 0 Å². The van der Waals surface area contributed by atoms with Gasteiger partial charge < -0.3 is 10.1 Å². The number of amidine groups is 1. The van der Waals surface area contributed by atoms with Crippen molar-refractivity contribution < 1.29 is 4.74 Å². The normalized spacial score (nSPS) is 15.9. The van der Waals surface area contributed by atoms with Crippen LogP contribution >= 0.6 is 0 Å². The van der Waals surface area contributed by atoms with E-state index in [0.29, 0.717) is 0 Å². The Bertz CT molecular complexity index is 2790. The molecule has 0 radical (unpaired) electrons. The zero-order chi connectivity index (χ0) is 35.6. The summed E-state index contributed by atoms with van der Waals surface area (Å²) in [4.78, 5) is 5.21. The summed E-state index contributed by atoms with van der Waals surface area (Å²) < 4.78 is 7.16. The van der Waals surface area contributed by atoms with Crippen LogP contribution in [0, 0.1) is 0 Å². The molecule has 3 heteroatoms. The third-order valence-corrected chi connectivity index (χ3v) is 11.4. The first-order valence-electron chi connectivity index (χ1n) is 18.6. The van der Waals surface area contributed by atoms with E-state index in [1.807, 2.05) is 6.07 Å². The van der Waals surface area contributed by atoms with Crippen molar-refractivity contribution in [2.75, 3.05) is 0 Å². The molecule has 2 aliphatic heterocycles. The molecule has 1 N–H and O–H groups in total. The minimum Gasteiger partial charge on any atom is -0.456 e. The summed E-state index contributed by atoms with van der Waals surface area (Å²) in [6.45, 7) is 0. The van der Waals surface area contributed by atoms with E-state index < -0.39 is 5.41 Å². The molecular weight excluding hydrogens is 657 g/mol. The summed E-state index contributed by atoms with van der Waals surface area (Å²) in [5, 5.41) is 6.26. The predicted molar refractivity (Wildman–Crippen MR) is 220 cm³/mol. The maximum absolute atomic E-state index is 7.16.